The third kappa shape index (κ3) is 5.20. The van der Waals surface area contributed by atoms with Crippen LogP contribution in [0.15, 0.2) is 42.7 Å². The minimum Gasteiger partial charge on any atom is -0.465 e. The quantitative estimate of drug-likeness (QED) is 0.516. The zero-order chi connectivity index (χ0) is 24.3. The zero-order valence-corrected chi connectivity index (χ0v) is 19.2. The van der Waals surface area contributed by atoms with E-state index in [0.717, 1.165) is 28.9 Å². The number of rotatable bonds is 9. The Balaban J connectivity index is 1.46. The summed E-state index contributed by atoms with van der Waals surface area (Å²) < 4.78 is 20.1. The summed E-state index contributed by atoms with van der Waals surface area (Å²) in [5, 5.41) is 12.1. The summed E-state index contributed by atoms with van der Waals surface area (Å²) in [6, 6.07) is 7.57. The minimum atomic E-state index is -1.20. The zero-order valence-electron chi connectivity index (χ0n) is 19.2. The molecule has 2 heterocycles. The summed E-state index contributed by atoms with van der Waals surface area (Å²) in [6.45, 7) is 2.35. The van der Waals surface area contributed by atoms with E-state index in [-0.39, 0.29) is 24.8 Å². The van der Waals surface area contributed by atoms with Crippen molar-refractivity contribution in [3.05, 3.63) is 59.7 Å². The topological polar surface area (TPSA) is 118 Å². The number of hydrogen-bond acceptors (Lipinski definition) is 5. The van der Waals surface area contributed by atoms with Gasteiger partial charge in [-0.25, -0.2) is 9.18 Å². The monoisotopic (exact) mass is 470 g/mol. The Morgan fingerprint density at radius 2 is 2.03 bits per heavy atom. The number of nitrogens with one attached hydrogen (secondary N) is 1. The van der Waals surface area contributed by atoms with Gasteiger partial charge in [-0.3, -0.25) is 14.7 Å². The van der Waals surface area contributed by atoms with Crippen LogP contribution in [0.1, 0.15) is 43.7 Å². The van der Waals surface area contributed by atoms with Gasteiger partial charge in [0.15, 0.2) is 0 Å². The molecule has 182 valence electrons. The predicted octanol–water partition coefficient (Wildman–Crippen LogP) is 3.51. The number of nitrogens with two attached hydrogens (primary N) is 1. The summed E-state index contributed by atoms with van der Waals surface area (Å²) in [6.07, 6.45) is 5.59. The molecule has 1 aromatic carbocycles. The van der Waals surface area contributed by atoms with Gasteiger partial charge in [0.25, 0.3) is 0 Å². The van der Waals surface area contributed by atoms with E-state index < -0.39 is 29.4 Å². The smallest absolute Gasteiger partial charge is 0.408 e. The number of carboxylic acid groups (broad SMARTS) is 1. The average Bonchev–Trinajstić information content (AvgIpc) is 3.60. The lowest BCUT2D eigenvalue weighted by Crippen LogP contribution is -2.42. The molecule has 3 atom stereocenters. The van der Waals surface area contributed by atoms with Crippen molar-refractivity contribution in [3.63, 3.8) is 0 Å². The van der Waals surface area contributed by atoms with Crippen molar-refractivity contribution in [1.82, 2.24) is 9.88 Å². The summed E-state index contributed by atoms with van der Waals surface area (Å²) >= 11 is 0. The maximum absolute atomic E-state index is 14.5. The lowest BCUT2D eigenvalue weighted by atomic mass is 9.81. The molecule has 2 unspecified atom stereocenters. The van der Waals surface area contributed by atoms with Crippen LogP contribution in [-0.4, -0.2) is 52.3 Å². The van der Waals surface area contributed by atoms with Crippen LogP contribution in [0.2, 0.25) is 0 Å². The van der Waals surface area contributed by atoms with Gasteiger partial charge in [-0.1, -0.05) is 6.07 Å². The number of pyridine rings is 1. The molecule has 0 bridgehead atoms. The minimum absolute atomic E-state index is 0.0330. The van der Waals surface area contributed by atoms with Crippen LogP contribution in [0.5, 0.6) is 0 Å². The second-order valence-electron chi connectivity index (χ2n) is 9.12. The molecule has 9 heteroatoms. The molecule has 4 N–H and O–H groups in total. The number of ether oxygens (including phenoxy) is 1. The number of nitrogens with zero attached hydrogens (tertiary/aromatic N) is 2. The molecular formula is C25H31FN4O4. The lowest BCUT2D eigenvalue weighted by molar-refractivity contribution is -0.120. The lowest BCUT2D eigenvalue weighted by Gasteiger charge is -2.30. The first-order valence-corrected chi connectivity index (χ1v) is 11.7. The fraction of sp³-hybridized carbons (Fsp3) is 0.480. The first kappa shape index (κ1) is 24.1. The Kier molecular flexibility index (Phi) is 7.13. The number of halogens is 1. The summed E-state index contributed by atoms with van der Waals surface area (Å²) in [7, 11) is 0. The number of carbonyl (C=O) groups excluding carboxylic acids is 1. The van der Waals surface area contributed by atoms with Crippen LogP contribution in [0.4, 0.5) is 14.9 Å². The Hall–Kier alpha value is -3.04. The van der Waals surface area contributed by atoms with Gasteiger partial charge in [-0.05, 0) is 73.9 Å². The van der Waals surface area contributed by atoms with Crippen LogP contribution in [0, 0.1) is 11.7 Å². The number of hydrogen-bond donors (Lipinski definition) is 3. The number of amides is 2. The molecule has 1 aliphatic carbocycles. The number of aryl methyl sites for hydroxylation is 1. The number of likely N-dealkylation sites (tertiary alicyclic amines) is 1. The van der Waals surface area contributed by atoms with E-state index in [2.05, 4.69) is 10.3 Å². The Morgan fingerprint density at radius 3 is 2.68 bits per heavy atom. The summed E-state index contributed by atoms with van der Waals surface area (Å²) in [5.41, 5.74) is 8.27. The maximum Gasteiger partial charge on any atom is 0.408 e. The first-order chi connectivity index (χ1) is 16.3. The largest absolute Gasteiger partial charge is 0.465 e. The van der Waals surface area contributed by atoms with E-state index in [1.807, 2.05) is 19.1 Å². The standard InChI is InChI=1S/C25H31FN4O4/c1-2-34-19-14-22(30(15-19)24(32)33)23(31)29-21-13-16(3-6-20(21)26)7-10-25(27,17-4-5-17)18-8-11-28-12-9-18/h3,6,8-9,11-13,17,19,22H,2,4-5,7,10,14-15,27H2,1H3,(H,29,31)(H,32,33)/t19?,22?,25-/m1/s1. The van der Waals surface area contributed by atoms with Crippen LogP contribution < -0.4 is 11.1 Å². The number of carbonyl (C=O) groups is 2. The number of anilines is 1. The van der Waals surface area contributed by atoms with Gasteiger partial charge >= 0.3 is 6.09 Å². The van der Waals surface area contributed by atoms with Crippen LogP contribution >= 0.6 is 0 Å². The molecule has 2 aliphatic rings. The fourth-order valence-electron chi connectivity index (χ4n) is 4.85. The molecule has 0 radical (unpaired) electrons. The van der Waals surface area contributed by atoms with E-state index >= 15 is 0 Å². The second kappa shape index (κ2) is 10.1. The van der Waals surface area contributed by atoms with Gasteiger partial charge in [0.2, 0.25) is 5.91 Å². The molecule has 8 nitrogen and oxygen atoms in total. The van der Waals surface area contributed by atoms with E-state index in [4.69, 9.17) is 10.5 Å². The molecule has 1 saturated carbocycles. The highest BCUT2D eigenvalue weighted by Gasteiger charge is 2.43. The van der Waals surface area contributed by atoms with Crippen molar-refractivity contribution in [1.29, 1.82) is 0 Å². The number of benzene rings is 1. The third-order valence-electron chi connectivity index (χ3n) is 6.85. The number of aromatic nitrogens is 1. The molecule has 1 saturated heterocycles. The summed E-state index contributed by atoms with van der Waals surface area (Å²) in [5.74, 6) is -0.741. The molecule has 1 aliphatic heterocycles. The van der Waals surface area contributed by atoms with Crippen molar-refractivity contribution in [2.75, 3.05) is 18.5 Å². The second-order valence-corrected chi connectivity index (χ2v) is 9.12. The first-order valence-electron chi connectivity index (χ1n) is 11.7. The van der Waals surface area contributed by atoms with Gasteiger partial charge in [0, 0.05) is 31.0 Å². The molecular weight excluding hydrogens is 439 g/mol. The van der Waals surface area contributed by atoms with Gasteiger partial charge in [-0.2, -0.15) is 0 Å². The van der Waals surface area contributed by atoms with Gasteiger partial charge < -0.3 is 20.9 Å². The Bertz CT molecular complexity index is 1030. The molecule has 0 spiro atoms. The SMILES string of the molecule is CCOC1CC(C(=O)Nc2cc(CC[C@](N)(c3ccncc3)C3CC3)ccc2F)N(C(=O)O)C1. The van der Waals surface area contributed by atoms with Gasteiger partial charge in [0.05, 0.1) is 18.3 Å². The van der Waals surface area contributed by atoms with Crippen molar-refractivity contribution in [3.8, 4) is 0 Å². The molecule has 34 heavy (non-hydrogen) atoms. The maximum atomic E-state index is 14.5. The van der Waals surface area contributed by atoms with Crippen molar-refractivity contribution < 1.29 is 23.8 Å². The highest BCUT2D eigenvalue weighted by molar-refractivity contribution is 5.97. The van der Waals surface area contributed by atoms with Crippen LogP contribution in [0.3, 0.4) is 0 Å². The molecule has 2 fully saturated rings. The molecule has 2 amide bonds. The molecule has 2 aromatic rings. The van der Waals surface area contributed by atoms with Gasteiger partial charge in [0.1, 0.15) is 11.9 Å². The van der Waals surface area contributed by atoms with E-state index in [9.17, 15) is 19.1 Å². The van der Waals surface area contributed by atoms with Crippen LogP contribution in [-0.2, 0) is 21.5 Å². The van der Waals surface area contributed by atoms with Crippen LogP contribution in [0.25, 0.3) is 0 Å². The Morgan fingerprint density at radius 1 is 1.29 bits per heavy atom. The van der Waals surface area contributed by atoms with E-state index in [0.29, 0.717) is 25.4 Å². The third-order valence-corrected chi connectivity index (χ3v) is 6.85. The average molecular weight is 471 g/mol. The highest BCUT2D eigenvalue weighted by atomic mass is 19.1. The normalized spacial score (nSPS) is 21.8. The fourth-order valence-corrected chi connectivity index (χ4v) is 4.85. The predicted molar refractivity (Wildman–Crippen MR) is 125 cm³/mol. The van der Waals surface area contributed by atoms with Gasteiger partial charge in [-0.15, -0.1) is 0 Å². The van der Waals surface area contributed by atoms with Crippen molar-refractivity contribution in [2.24, 2.45) is 11.7 Å². The Labute approximate surface area is 198 Å². The summed E-state index contributed by atoms with van der Waals surface area (Å²) in [4.78, 5) is 29.6. The molecule has 4 rings (SSSR count). The van der Waals surface area contributed by atoms with Crippen molar-refractivity contribution in [2.45, 2.75) is 56.7 Å². The highest BCUT2D eigenvalue weighted by Crippen LogP contribution is 2.46. The van der Waals surface area contributed by atoms with Crippen molar-refractivity contribution >= 4 is 17.7 Å². The molecule has 1 aromatic heterocycles. The van der Waals surface area contributed by atoms with E-state index in [1.54, 1.807) is 24.5 Å². The van der Waals surface area contributed by atoms with E-state index in [1.165, 1.54) is 6.07 Å².